The van der Waals surface area contributed by atoms with Gasteiger partial charge in [-0.05, 0) is 31.2 Å². The molecule has 2 N–H and O–H groups in total. The minimum absolute atomic E-state index is 0.0376. The zero-order valence-corrected chi connectivity index (χ0v) is 11.8. The third kappa shape index (κ3) is 2.62. The number of thiocarbonyl (C=S) groups is 1. The molecule has 0 bridgehead atoms. The molecule has 2 rings (SSSR count). The van der Waals surface area contributed by atoms with Crippen molar-refractivity contribution in [1.82, 2.24) is 9.78 Å². The number of ether oxygens (including phenoxy) is 1. The number of rotatable bonds is 4. The molecule has 0 atom stereocenters. The number of H-pyrrole nitrogens is 1. The molecular formula is C13H13N3O3S. The largest absolute Gasteiger partial charge is 0.481 e. The maximum Gasteiger partial charge on any atom is 0.285 e. The molecule has 0 aliphatic carbocycles. The molecule has 6 nitrogen and oxygen atoms in total. The van der Waals surface area contributed by atoms with Crippen LogP contribution in [0.25, 0.3) is 5.69 Å². The smallest absolute Gasteiger partial charge is 0.285 e. The predicted octanol–water partition coefficient (Wildman–Crippen LogP) is 1.75. The Morgan fingerprint density at radius 3 is 2.50 bits per heavy atom. The summed E-state index contributed by atoms with van der Waals surface area (Å²) in [6.07, 6.45) is 0.472. The van der Waals surface area contributed by atoms with E-state index in [9.17, 15) is 9.59 Å². The van der Waals surface area contributed by atoms with Gasteiger partial charge in [-0.1, -0.05) is 12.2 Å². The number of benzene rings is 1. The van der Waals surface area contributed by atoms with Crippen molar-refractivity contribution in [3.05, 3.63) is 40.2 Å². The normalized spacial score (nSPS) is 10.1. The summed E-state index contributed by atoms with van der Waals surface area (Å²) in [6.45, 7) is 1.78. The second-order valence-corrected chi connectivity index (χ2v) is 4.66. The molecular weight excluding hydrogens is 278 g/mol. The van der Waals surface area contributed by atoms with Gasteiger partial charge in [0.15, 0.2) is 6.29 Å². The molecule has 1 heterocycles. The fraction of sp³-hybridized carbons (Fsp3) is 0.154. The average molecular weight is 291 g/mol. The molecule has 2 aromatic rings. The molecule has 20 heavy (non-hydrogen) atoms. The van der Waals surface area contributed by atoms with Crippen LogP contribution >= 0.6 is 12.2 Å². The Morgan fingerprint density at radius 1 is 1.40 bits per heavy atom. The monoisotopic (exact) mass is 291 g/mol. The van der Waals surface area contributed by atoms with E-state index in [4.69, 9.17) is 17.0 Å². The van der Waals surface area contributed by atoms with Crippen molar-refractivity contribution in [3.8, 4) is 11.6 Å². The Morgan fingerprint density at radius 2 is 2.05 bits per heavy atom. The predicted molar refractivity (Wildman–Crippen MR) is 80.2 cm³/mol. The Labute approximate surface area is 120 Å². The fourth-order valence-corrected chi connectivity index (χ4v) is 1.89. The van der Waals surface area contributed by atoms with Crippen LogP contribution < -0.4 is 15.6 Å². The van der Waals surface area contributed by atoms with Crippen molar-refractivity contribution >= 4 is 29.2 Å². The molecule has 0 saturated carbocycles. The molecule has 0 unspecified atom stereocenters. The highest BCUT2D eigenvalue weighted by Crippen LogP contribution is 2.15. The summed E-state index contributed by atoms with van der Waals surface area (Å²) in [6, 6.07) is 7.02. The quantitative estimate of drug-likeness (QED) is 0.663. The summed E-state index contributed by atoms with van der Waals surface area (Å²) < 4.78 is 6.21. The Kier molecular flexibility index (Phi) is 3.99. The van der Waals surface area contributed by atoms with E-state index in [0.29, 0.717) is 17.0 Å². The minimum Gasteiger partial charge on any atom is -0.481 e. The Bertz CT molecular complexity index is 701. The number of hydrogen-bond acceptors (Lipinski definition) is 4. The summed E-state index contributed by atoms with van der Waals surface area (Å²) in [5.74, 6) is 0.141. The Hall–Kier alpha value is -2.41. The molecule has 0 amide bonds. The van der Waals surface area contributed by atoms with Crippen molar-refractivity contribution in [2.24, 2.45) is 0 Å². The van der Waals surface area contributed by atoms with E-state index in [0.717, 1.165) is 5.69 Å². The molecule has 0 radical (unpaired) electrons. The second-order valence-electron chi connectivity index (χ2n) is 4.05. The van der Waals surface area contributed by atoms with Crippen molar-refractivity contribution in [1.29, 1.82) is 0 Å². The van der Waals surface area contributed by atoms with E-state index in [1.807, 2.05) is 0 Å². The highest BCUT2D eigenvalue weighted by Gasteiger charge is 2.14. The van der Waals surface area contributed by atoms with Gasteiger partial charge in [-0.3, -0.25) is 14.7 Å². The van der Waals surface area contributed by atoms with Crippen LogP contribution in [-0.2, 0) is 0 Å². The van der Waals surface area contributed by atoms with E-state index in [1.54, 1.807) is 31.2 Å². The lowest BCUT2D eigenvalue weighted by atomic mass is 10.3. The van der Waals surface area contributed by atoms with Gasteiger partial charge in [-0.15, -0.1) is 0 Å². The van der Waals surface area contributed by atoms with Crippen LogP contribution in [0.3, 0.4) is 0 Å². The molecule has 7 heteroatoms. The van der Waals surface area contributed by atoms with E-state index in [-0.39, 0.29) is 11.4 Å². The van der Waals surface area contributed by atoms with Crippen LogP contribution in [0.4, 0.5) is 5.69 Å². The lowest BCUT2D eigenvalue weighted by molar-refractivity contribution is 0.111. The first-order valence-electron chi connectivity index (χ1n) is 5.79. The highest BCUT2D eigenvalue weighted by atomic mass is 32.1. The van der Waals surface area contributed by atoms with Crippen molar-refractivity contribution in [2.45, 2.75) is 6.92 Å². The third-order valence-electron chi connectivity index (χ3n) is 2.66. The number of methoxy groups -OCH3 is 1. The SMILES string of the molecule is COc1[nH]n(-c2ccc(NC(C)=S)cc2)c(=O)c1C=O. The summed E-state index contributed by atoms with van der Waals surface area (Å²) in [7, 11) is 1.39. The van der Waals surface area contributed by atoms with Gasteiger partial charge in [0, 0.05) is 5.69 Å². The number of aromatic nitrogens is 2. The summed E-state index contributed by atoms with van der Waals surface area (Å²) in [4.78, 5) is 23.6. The van der Waals surface area contributed by atoms with Gasteiger partial charge in [-0.2, -0.15) is 0 Å². The van der Waals surface area contributed by atoms with Gasteiger partial charge in [0.25, 0.3) is 5.56 Å². The van der Waals surface area contributed by atoms with Gasteiger partial charge in [0.05, 0.1) is 17.8 Å². The number of anilines is 1. The maximum absolute atomic E-state index is 12.0. The number of carbonyl (C=O) groups is 1. The number of carbonyl (C=O) groups excluding carboxylic acids is 1. The van der Waals surface area contributed by atoms with E-state index >= 15 is 0 Å². The van der Waals surface area contributed by atoms with Crippen LogP contribution in [0.1, 0.15) is 17.3 Å². The summed E-state index contributed by atoms with van der Waals surface area (Å²) in [5, 5.41) is 5.72. The molecule has 0 saturated heterocycles. The number of aldehydes is 1. The second kappa shape index (κ2) is 5.70. The standard InChI is InChI=1S/C13H13N3O3S/c1-8(20)14-9-3-5-10(6-4-9)16-13(18)11(7-17)12(15-16)19-2/h3-7,15H,1-2H3,(H,14,20). The summed E-state index contributed by atoms with van der Waals surface area (Å²) >= 11 is 4.95. The number of nitrogens with zero attached hydrogens (tertiary/aromatic N) is 1. The molecule has 0 spiro atoms. The van der Waals surface area contributed by atoms with Crippen molar-refractivity contribution < 1.29 is 9.53 Å². The first kappa shape index (κ1) is 14.0. The molecule has 0 aliphatic heterocycles. The average Bonchev–Trinajstić information content (AvgIpc) is 2.75. The first-order valence-corrected chi connectivity index (χ1v) is 6.20. The van der Waals surface area contributed by atoms with E-state index < -0.39 is 5.56 Å². The van der Waals surface area contributed by atoms with Crippen LogP contribution in [-0.4, -0.2) is 28.2 Å². The van der Waals surface area contributed by atoms with Crippen molar-refractivity contribution in [3.63, 3.8) is 0 Å². The minimum atomic E-state index is -0.455. The summed E-state index contributed by atoms with van der Waals surface area (Å²) in [5.41, 5.74) is 0.922. The molecule has 104 valence electrons. The molecule has 1 aromatic heterocycles. The number of nitrogens with one attached hydrogen (secondary N) is 2. The van der Waals surface area contributed by atoms with Gasteiger partial charge in [0.1, 0.15) is 5.56 Å². The van der Waals surface area contributed by atoms with Crippen molar-refractivity contribution in [2.75, 3.05) is 12.4 Å². The zero-order valence-electron chi connectivity index (χ0n) is 11.0. The van der Waals surface area contributed by atoms with Gasteiger partial charge in [0.2, 0.25) is 5.88 Å². The van der Waals surface area contributed by atoms with E-state index in [1.165, 1.54) is 11.8 Å². The third-order valence-corrected chi connectivity index (χ3v) is 2.76. The van der Waals surface area contributed by atoms with Crippen LogP contribution in [0.5, 0.6) is 5.88 Å². The fourth-order valence-electron chi connectivity index (χ4n) is 1.77. The van der Waals surface area contributed by atoms with Gasteiger partial charge in [-0.25, -0.2) is 4.68 Å². The highest BCUT2D eigenvalue weighted by molar-refractivity contribution is 7.80. The van der Waals surface area contributed by atoms with Crippen LogP contribution in [0, 0.1) is 0 Å². The maximum atomic E-state index is 12.0. The van der Waals surface area contributed by atoms with Gasteiger partial charge < -0.3 is 10.1 Å². The topological polar surface area (TPSA) is 76.1 Å². The lowest BCUT2D eigenvalue weighted by Crippen LogP contribution is -2.17. The molecule has 0 fully saturated rings. The van der Waals surface area contributed by atoms with Crippen LogP contribution in [0.2, 0.25) is 0 Å². The lowest BCUT2D eigenvalue weighted by Gasteiger charge is -2.06. The number of hydrogen-bond donors (Lipinski definition) is 2. The van der Waals surface area contributed by atoms with Gasteiger partial charge >= 0.3 is 0 Å². The van der Waals surface area contributed by atoms with E-state index in [2.05, 4.69) is 10.4 Å². The Balaban J connectivity index is 2.42. The first-order chi connectivity index (χ1) is 9.56. The molecule has 0 aliphatic rings. The molecule has 1 aromatic carbocycles. The van der Waals surface area contributed by atoms with Crippen LogP contribution in [0.15, 0.2) is 29.1 Å². The zero-order chi connectivity index (χ0) is 14.7. The number of aromatic amines is 1.